The summed E-state index contributed by atoms with van der Waals surface area (Å²) in [5, 5.41) is 10.2. The Morgan fingerprint density at radius 2 is 1.45 bits per heavy atom. The van der Waals surface area contributed by atoms with Gasteiger partial charge in [0.05, 0.1) is 5.69 Å². The number of nitrogens with zero attached hydrogens (tertiary/aromatic N) is 3. The third-order valence-electron chi connectivity index (χ3n) is 4.16. The average Bonchev–Trinajstić information content (AvgIpc) is 2.61. The highest BCUT2D eigenvalue weighted by Gasteiger charge is 2.19. The Labute approximate surface area is 122 Å². The molecule has 0 radical (unpaired) electrons. The average molecular weight is 293 g/mol. The fourth-order valence-corrected chi connectivity index (χ4v) is 2.76. The van der Waals surface area contributed by atoms with E-state index in [0.717, 1.165) is 16.7 Å². The lowest BCUT2D eigenvalue weighted by molar-refractivity contribution is 0.465. The van der Waals surface area contributed by atoms with Crippen molar-refractivity contribution in [1.82, 2.24) is 13.9 Å². The van der Waals surface area contributed by atoms with Gasteiger partial charge in [0.1, 0.15) is 5.75 Å². The highest BCUT2D eigenvalue weighted by molar-refractivity contribution is 7.71. The van der Waals surface area contributed by atoms with Gasteiger partial charge in [0, 0.05) is 19.7 Å². The van der Waals surface area contributed by atoms with Crippen LogP contribution in [0.15, 0.2) is 4.79 Å². The summed E-state index contributed by atoms with van der Waals surface area (Å²) in [7, 11) is 3.41. The molecule has 6 heteroatoms. The smallest absolute Gasteiger partial charge is 0.349 e. The summed E-state index contributed by atoms with van der Waals surface area (Å²) >= 11 is 5.35. The van der Waals surface area contributed by atoms with E-state index >= 15 is 0 Å². The summed E-state index contributed by atoms with van der Waals surface area (Å²) in [4.78, 5) is 12.4. The van der Waals surface area contributed by atoms with Gasteiger partial charge in [-0.3, -0.25) is 4.68 Å². The van der Waals surface area contributed by atoms with E-state index in [4.69, 9.17) is 12.2 Å². The van der Waals surface area contributed by atoms with E-state index in [-0.39, 0.29) is 11.4 Å². The van der Waals surface area contributed by atoms with Crippen LogP contribution in [0.2, 0.25) is 0 Å². The number of benzene rings is 1. The van der Waals surface area contributed by atoms with Gasteiger partial charge in [-0.2, -0.15) is 0 Å². The Hall–Kier alpha value is -1.82. The summed E-state index contributed by atoms with van der Waals surface area (Å²) in [6.45, 7) is 7.55. The number of rotatable bonds is 1. The van der Waals surface area contributed by atoms with Crippen LogP contribution >= 0.6 is 12.2 Å². The van der Waals surface area contributed by atoms with Crippen LogP contribution in [0.4, 0.5) is 0 Å². The van der Waals surface area contributed by atoms with Gasteiger partial charge >= 0.3 is 5.69 Å². The minimum atomic E-state index is -0.216. The van der Waals surface area contributed by atoms with Crippen molar-refractivity contribution in [3.8, 4) is 11.4 Å². The molecule has 2 aromatic rings. The van der Waals surface area contributed by atoms with Gasteiger partial charge in [0.25, 0.3) is 0 Å². The maximum atomic E-state index is 12.4. The number of aromatic nitrogens is 3. The van der Waals surface area contributed by atoms with Crippen molar-refractivity contribution >= 4 is 12.2 Å². The molecule has 1 heterocycles. The predicted molar refractivity (Wildman–Crippen MR) is 81.4 cm³/mol. The maximum Gasteiger partial charge on any atom is 0.349 e. The molecule has 0 unspecified atom stereocenters. The molecule has 5 nitrogen and oxygen atoms in total. The topological polar surface area (TPSA) is 52.1 Å². The Morgan fingerprint density at radius 1 is 0.900 bits per heavy atom. The van der Waals surface area contributed by atoms with Crippen LogP contribution in [0.3, 0.4) is 0 Å². The van der Waals surface area contributed by atoms with Crippen molar-refractivity contribution in [3.05, 3.63) is 37.5 Å². The maximum absolute atomic E-state index is 12.4. The van der Waals surface area contributed by atoms with Gasteiger partial charge in [0.2, 0.25) is 4.77 Å². The second-order valence-corrected chi connectivity index (χ2v) is 5.51. The monoisotopic (exact) mass is 293 g/mol. The quantitative estimate of drug-likeness (QED) is 0.820. The lowest BCUT2D eigenvalue weighted by Crippen LogP contribution is -2.24. The van der Waals surface area contributed by atoms with Crippen LogP contribution < -0.4 is 5.69 Å². The first-order valence-electron chi connectivity index (χ1n) is 6.34. The van der Waals surface area contributed by atoms with Crippen LogP contribution in [0.25, 0.3) is 5.69 Å². The molecule has 0 saturated heterocycles. The van der Waals surface area contributed by atoms with Gasteiger partial charge in [-0.15, -0.1) is 0 Å². The summed E-state index contributed by atoms with van der Waals surface area (Å²) < 4.78 is 4.95. The molecule has 108 valence electrons. The Morgan fingerprint density at radius 3 is 1.90 bits per heavy atom. The zero-order chi connectivity index (χ0) is 15.4. The summed E-state index contributed by atoms with van der Waals surface area (Å²) in [5.74, 6) is 0.218. The van der Waals surface area contributed by atoms with Crippen molar-refractivity contribution in [3.63, 3.8) is 0 Å². The van der Waals surface area contributed by atoms with Crippen LogP contribution in [-0.4, -0.2) is 19.0 Å². The highest BCUT2D eigenvalue weighted by atomic mass is 32.1. The molecule has 0 aliphatic carbocycles. The number of phenolic OH excluding ortho intramolecular Hbond substituents is 1. The van der Waals surface area contributed by atoms with Crippen molar-refractivity contribution in [2.24, 2.45) is 14.1 Å². The van der Waals surface area contributed by atoms with E-state index in [1.807, 2.05) is 20.8 Å². The molecular weight excluding hydrogens is 274 g/mol. The second kappa shape index (κ2) is 4.63. The Bertz CT molecular complexity index is 762. The molecule has 1 N–H and O–H groups in total. The van der Waals surface area contributed by atoms with Crippen molar-refractivity contribution in [2.45, 2.75) is 27.7 Å². The van der Waals surface area contributed by atoms with E-state index in [9.17, 15) is 9.90 Å². The molecule has 0 saturated carbocycles. The zero-order valence-corrected chi connectivity index (χ0v) is 13.4. The van der Waals surface area contributed by atoms with Crippen LogP contribution in [0.1, 0.15) is 22.3 Å². The van der Waals surface area contributed by atoms with E-state index in [1.54, 1.807) is 25.7 Å². The van der Waals surface area contributed by atoms with Gasteiger partial charge in [0.15, 0.2) is 0 Å². The summed E-state index contributed by atoms with van der Waals surface area (Å²) in [6.07, 6.45) is 0. The van der Waals surface area contributed by atoms with Crippen LogP contribution in [-0.2, 0) is 14.1 Å². The predicted octanol–water partition coefficient (Wildman–Crippen LogP) is 2.18. The van der Waals surface area contributed by atoms with E-state index in [2.05, 4.69) is 0 Å². The molecule has 0 atom stereocenters. The minimum absolute atomic E-state index is 0.216. The first-order chi connectivity index (χ1) is 9.20. The molecule has 0 amide bonds. The fraction of sp³-hybridized carbons (Fsp3) is 0.429. The Balaban J connectivity index is 3.03. The van der Waals surface area contributed by atoms with Crippen LogP contribution in [0, 0.1) is 32.5 Å². The Kier molecular flexibility index (Phi) is 3.37. The highest BCUT2D eigenvalue weighted by Crippen LogP contribution is 2.33. The lowest BCUT2D eigenvalue weighted by Gasteiger charge is -2.17. The van der Waals surface area contributed by atoms with E-state index < -0.39 is 0 Å². The van der Waals surface area contributed by atoms with Gasteiger partial charge in [-0.05, 0) is 56.6 Å². The number of phenols is 1. The third kappa shape index (κ3) is 1.75. The molecule has 0 aliphatic rings. The third-order valence-corrected chi connectivity index (χ3v) is 4.60. The SMILES string of the molecule is Cc1c(C)c(O)c(C)c(-n2c(=O)n(C)n(C)c2=S)c1C. The minimum Gasteiger partial charge on any atom is -0.507 e. The molecule has 20 heavy (non-hydrogen) atoms. The molecule has 2 rings (SSSR count). The lowest BCUT2D eigenvalue weighted by atomic mass is 9.97. The molecule has 0 fully saturated rings. The molecule has 0 spiro atoms. The van der Waals surface area contributed by atoms with Crippen molar-refractivity contribution in [1.29, 1.82) is 0 Å². The molecular formula is C14H19N3O2S. The number of aromatic hydroxyl groups is 1. The van der Waals surface area contributed by atoms with Gasteiger partial charge in [-0.25, -0.2) is 14.0 Å². The van der Waals surface area contributed by atoms with E-state index in [0.29, 0.717) is 16.0 Å². The first kappa shape index (κ1) is 14.6. The van der Waals surface area contributed by atoms with Crippen molar-refractivity contribution < 1.29 is 5.11 Å². The number of hydrogen-bond donors (Lipinski definition) is 1. The second-order valence-electron chi connectivity index (χ2n) is 5.14. The first-order valence-corrected chi connectivity index (χ1v) is 6.75. The zero-order valence-electron chi connectivity index (χ0n) is 12.6. The summed E-state index contributed by atoms with van der Waals surface area (Å²) in [5.41, 5.74) is 3.89. The fourth-order valence-electron chi connectivity index (χ4n) is 2.47. The normalized spacial score (nSPS) is 11.1. The van der Waals surface area contributed by atoms with Crippen molar-refractivity contribution in [2.75, 3.05) is 0 Å². The molecule has 1 aromatic carbocycles. The van der Waals surface area contributed by atoms with Crippen LogP contribution in [0.5, 0.6) is 5.75 Å². The van der Waals surface area contributed by atoms with Gasteiger partial charge in [-0.1, -0.05) is 0 Å². The molecule has 0 bridgehead atoms. The molecule has 1 aromatic heterocycles. The summed E-state index contributed by atoms with van der Waals surface area (Å²) in [6, 6.07) is 0. The number of hydrogen-bond acceptors (Lipinski definition) is 3. The largest absolute Gasteiger partial charge is 0.507 e. The standard InChI is InChI=1S/C14H19N3O2S/c1-7-8(2)11(10(4)12(18)9(7)3)17-13(19)15(5)16(6)14(17)20/h18H,1-6H3. The van der Waals surface area contributed by atoms with Gasteiger partial charge < -0.3 is 5.11 Å². The molecule has 0 aliphatic heterocycles. The van der Waals surface area contributed by atoms with E-state index in [1.165, 1.54) is 9.25 Å².